The second-order valence-corrected chi connectivity index (χ2v) is 5.12. The van der Waals surface area contributed by atoms with Crippen LogP contribution in [0.3, 0.4) is 0 Å². The van der Waals surface area contributed by atoms with Gasteiger partial charge < -0.3 is 5.11 Å². The van der Waals surface area contributed by atoms with Gasteiger partial charge in [-0.3, -0.25) is 4.79 Å². The molecule has 1 rings (SSSR count). The number of aliphatic hydroxyl groups is 1. The Bertz CT molecular complexity index is 310. The van der Waals surface area contributed by atoms with Crippen LogP contribution in [0.25, 0.3) is 0 Å². The zero-order valence-corrected chi connectivity index (χ0v) is 9.95. The van der Waals surface area contributed by atoms with Crippen molar-refractivity contribution >= 4 is 5.78 Å². The number of rotatable bonds is 2. The molecule has 0 radical (unpaired) electrons. The molecule has 2 atom stereocenters. The first-order valence-corrected chi connectivity index (χ1v) is 5.38. The van der Waals surface area contributed by atoms with Crippen LogP contribution in [0.4, 0.5) is 0 Å². The molecule has 2 nitrogen and oxygen atoms in total. The highest BCUT2D eigenvalue weighted by Crippen LogP contribution is 2.41. The van der Waals surface area contributed by atoms with E-state index in [4.69, 9.17) is 0 Å². The van der Waals surface area contributed by atoms with E-state index in [1.54, 1.807) is 13.0 Å². The van der Waals surface area contributed by atoms with Crippen LogP contribution >= 0.6 is 0 Å². The maximum absolute atomic E-state index is 10.9. The molecule has 1 N–H and O–H groups in total. The van der Waals surface area contributed by atoms with Crippen LogP contribution in [0.15, 0.2) is 23.8 Å². The molecule has 1 aliphatic rings. The maximum atomic E-state index is 10.9. The summed E-state index contributed by atoms with van der Waals surface area (Å²) in [6.45, 7) is 7.82. The Labute approximate surface area is 91.7 Å². The molecule has 0 amide bonds. The Hall–Kier alpha value is -0.890. The highest BCUT2D eigenvalue weighted by molar-refractivity contribution is 5.87. The molecule has 0 aromatic heterocycles. The molecule has 0 aromatic rings. The van der Waals surface area contributed by atoms with E-state index in [1.807, 2.05) is 19.1 Å². The van der Waals surface area contributed by atoms with Crippen LogP contribution in [-0.2, 0) is 4.79 Å². The fourth-order valence-corrected chi connectivity index (χ4v) is 2.39. The number of aliphatic hydroxyl groups excluding tert-OH is 1. The van der Waals surface area contributed by atoms with Gasteiger partial charge in [-0.1, -0.05) is 31.6 Å². The Morgan fingerprint density at radius 3 is 2.67 bits per heavy atom. The molecule has 1 aliphatic carbocycles. The monoisotopic (exact) mass is 208 g/mol. The summed E-state index contributed by atoms with van der Waals surface area (Å²) in [4.78, 5) is 10.9. The van der Waals surface area contributed by atoms with Crippen molar-refractivity contribution in [2.24, 2.45) is 11.3 Å². The van der Waals surface area contributed by atoms with Gasteiger partial charge in [0.15, 0.2) is 5.78 Å². The van der Waals surface area contributed by atoms with Gasteiger partial charge >= 0.3 is 0 Å². The molecular formula is C13H20O2. The molecule has 0 saturated heterocycles. The molecule has 0 aromatic carbocycles. The van der Waals surface area contributed by atoms with Crippen molar-refractivity contribution in [3.8, 4) is 0 Å². The molecule has 2 heteroatoms. The second kappa shape index (κ2) is 4.31. The van der Waals surface area contributed by atoms with E-state index in [0.717, 1.165) is 12.0 Å². The van der Waals surface area contributed by atoms with Gasteiger partial charge in [0.2, 0.25) is 0 Å². The lowest BCUT2D eigenvalue weighted by Gasteiger charge is -2.38. The third kappa shape index (κ3) is 3.03. The summed E-state index contributed by atoms with van der Waals surface area (Å²) < 4.78 is 0. The van der Waals surface area contributed by atoms with Crippen LogP contribution < -0.4 is 0 Å². The van der Waals surface area contributed by atoms with Gasteiger partial charge in [-0.25, -0.2) is 0 Å². The van der Waals surface area contributed by atoms with Crippen molar-refractivity contribution < 1.29 is 9.90 Å². The van der Waals surface area contributed by atoms with Crippen LogP contribution in [0.2, 0.25) is 0 Å². The summed E-state index contributed by atoms with van der Waals surface area (Å²) in [5.74, 6) is 0.328. The fourth-order valence-electron chi connectivity index (χ4n) is 2.39. The average molecular weight is 208 g/mol. The topological polar surface area (TPSA) is 37.3 Å². The molecule has 15 heavy (non-hydrogen) atoms. The van der Waals surface area contributed by atoms with Crippen molar-refractivity contribution in [1.82, 2.24) is 0 Å². The number of carbonyl (C=O) groups is 1. The Morgan fingerprint density at radius 1 is 1.60 bits per heavy atom. The minimum atomic E-state index is -0.345. The lowest BCUT2D eigenvalue weighted by atomic mass is 9.68. The zero-order valence-electron chi connectivity index (χ0n) is 9.95. The van der Waals surface area contributed by atoms with E-state index in [2.05, 4.69) is 13.8 Å². The quantitative estimate of drug-likeness (QED) is 0.559. The van der Waals surface area contributed by atoms with Gasteiger partial charge in [0.1, 0.15) is 0 Å². The average Bonchev–Trinajstić information content (AvgIpc) is 1.98. The number of ketones is 1. The molecular weight excluding hydrogens is 188 g/mol. The normalized spacial score (nSPS) is 30.3. The Morgan fingerprint density at radius 2 is 2.20 bits per heavy atom. The number of hydrogen-bond acceptors (Lipinski definition) is 2. The molecule has 0 bridgehead atoms. The highest BCUT2D eigenvalue weighted by atomic mass is 16.3. The van der Waals surface area contributed by atoms with E-state index in [1.165, 1.54) is 0 Å². The lowest BCUT2D eigenvalue weighted by molar-refractivity contribution is -0.112. The van der Waals surface area contributed by atoms with Gasteiger partial charge in [-0.2, -0.15) is 0 Å². The number of allylic oxidation sites excluding steroid dienone is 3. The number of hydrogen-bond donors (Lipinski definition) is 1. The van der Waals surface area contributed by atoms with Crippen LogP contribution in [-0.4, -0.2) is 17.0 Å². The van der Waals surface area contributed by atoms with Crippen molar-refractivity contribution in [3.63, 3.8) is 0 Å². The highest BCUT2D eigenvalue weighted by Gasteiger charge is 2.34. The summed E-state index contributed by atoms with van der Waals surface area (Å²) in [7, 11) is 0. The predicted molar refractivity (Wildman–Crippen MR) is 61.5 cm³/mol. The van der Waals surface area contributed by atoms with Crippen molar-refractivity contribution in [2.75, 3.05) is 0 Å². The van der Waals surface area contributed by atoms with Gasteiger partial charge in [-0.15, -0.1) is 0 Å². The molecule has 0 heterocycles. The molecule has 0 saturated carbocycles. The van der Waals surface area contributed by atoms with Crippen molar-refractivity contribution in [1.29, 1.82) is 0 Å². The third-order valence-electron chi connectivity index (χ3n) is 3.05. The molecule has 0 fully saturated rings. The second-order valence-electron chi connectivity index (χ2n) is 5.12. The summed E-state index contributed by atoms with van der Waals surface area (Å²) in [6.07, 6.45) is 5.88. The smallest absolute Gasteiger partial charge is 0.152 e. The zero-order chi connectivity index (χ0) is 11.6. The van der Waals surface area contributed by atoms with E-state index in [9.17, 15) is 9.90 Å². The molecule has 84 valence electrons. The fraction of sp³-hybridized carbons (Fsp3) is 0.615. The lowest BCUT2D eigenvalue weighted by Crippen LogP contribution is -2.32. The van der Waals surface area contributed by atoms with E-state index in [-0.39, 0.29) is 23.2 Å². The SMILES string of the molecule is CC(=O)/C=C/[C@H]1C(C)=C[C@@H](O)CC1(C)C. The van der Waals surface area contributed by atoms with E-state index < -0.39 is 0 Å². The Kier molecular flexibility index (Phi) is 3.50. The first-order valence-electron chi connectivity index (χ1n) is 5.38. The van der Waals surface area contributed by atoms with Crippen LogP contribution in [0, 0.1) is 11.3 Å². The number of carbonyl (C=O) groups excluding carboxylic acids is 1. The molecule has 0 spiro atoms. The van der Waals surface area contributed by atoms with E-state index in [0.29, 0.717) is 0 Å². The molecule has 0 aliphatic heterocycles. The van der Waals surface area contributed by atoms with Gasteiger partial charge in [0, 0.05) is 5.92 Å². The largest absolute Gasteiger partial charge is 0.389 e. The maximum Gasteiger partial charge on any atom is 0.152 e. The third-order valence-corrected chi connectivity index (χ3v) is 3.05. The van der Waals surface area contributed by atoms with Crippen molar-refractivity contribution in [3.05, 3.63) is 23.8 Å². The summed E-state index contributed by atoms with van der Waals surface area (Å²) in [5.41, 5.74) is 1.17. The van der Waals surface area contributed by atoms with Crippen LogP contribution in [0.1, 0.15) is 34.1 Å². The summed E-state index contributed by atoms with van der Waals surface area (Å²) in [6, 6.07) is 0. The summed E-state index contributed by atoms with van der Waals surface area (Å²) in [5, 5.41) is 9.64. The first kappa shape index (κ1) is 12.2. The predicted octanol–water partition coefficient (Wildman–Crippen LogP) is 2.48. The minimum absolute atomic E-state index is 0.0181. The van der Waals surface area contributed by atoms with Gasteiger partial charge in [-0.05, 0) is 31.8 Å². The van der Waals surface area contributed by atoms with Gasteiger partial charge in [0.25, 0.3) is 0 Å². The van der Waals surface area contributed by atoms with Crippen LogP contribution in [0.5, 0.6) is 0 Å². The molecule has 0 unspecified atom stereocenters. The standard InChI is InChI=1S/C13H20O2/c1-9-7-11(15)8-13(3,4)12(9)6-5-10(2)14/h5-7,11-12,15H,8H2,1-4H3/b6-5+/t11-,12+/m1/s1. The van der Waals surface area contributed by atoms with Gasteiger partial charge in [0.05, 0.1) is 6.10 Å². The minimum Gasteiger partial charge on any atom is -0.389 e. The van der Waals surface area contributed by atoms with Crippen molar-refractivity contribution in [2.45, 2.75) is 40.2 Å². The first-order chi connectivity index (χ1) is 6.83. The summed E-state index contributed by atoms with van der Waals surface area (Å²) >= 11 is 0. The Balaban J connectivity index is 2.94. The van der Waals surface area contributed by atoms with E-state index >= 15 is 0 Å².